The molecule has 2 unspecified atom stereocenters. The summed E-state index contributed by atoms with van der Waals surface area (Å²) in [6.07, 6.45) is 6.53. The predicted molar refractivity (Wildman–Crippen MR) is 79.4 cm³/mol. The molecule has 2 fully saturated rings. The zero-order valence-corrected chi connectivity index (χ0v) is 13.0. The molecule has 0 saturated carbocycles. The third kappa shape index (κ3) is 2.74. The summed E-state index contributed by atoms with van der Waals surface area (Å²) in [7, 11) is 2.07. The molecule has 0 aromatic carbocycles. The molecule has 0 spiro atoms. The van der Waals surface area contributed by atoms with E-state index in [2.05, 4.69) is 39.0 Å². The van der Waals surface area contributed by atoms with Gasteiger partial charge < -0.3 is 9.88 Å². The van der Waals surface area contributed by atoms with E-state index < -0.39 is 0 Å². The fourth-order valence-electron chi connectivity index (χ4n) is 3.77. The van der Waals surface area contributed by atoms with Gasteiger partial charge in [0.15, 0.2) is 0 Å². The molecule has 2 atom stereocenters. The van der Waals surface area contributed by atoms with Crippen LogP contribution in [0.3, 0.4) is 0 Å². The topological polar surface area (TPSA) is 46.0 Å². The maximum Gasteiger partial charge on any atom is 0.146 e. The summed E-state index contributed by atoms with van der Waals surface area (Å²) in [5.74, 6) is 2.10. The summed E-state index contributed by atoms with van der Waals surface area (Å²) in [6.45, 7) is 6.39. The van der Waals surface area contributed by atoms with Gasteiger partial charge in [-0.15, -0.1) is 10.2 Å². The van der Waals surface area contributed by atoms with Crippen LogP contribution in [0.15, 0.2) is 0 Å². The molecule has 5 heteroatoms. The SMILES string of the molecule is CCCN(Cc1nnc(C)n1C)C1CC2CCC(C1)N2. The molecule has 0 aliphatic carbocycles. The van der Waals surface area contributed by atoms with Crippen molar-refractivity contribution in [1.82, 2.24) is 25.0 Å². The Hall–Kier alpha value is -0.940. The molecule has 0 radical (unpaired) electrons. The van der Waals surface area contributed by atoms with E-state index in [9.17, 15) is 0 Å². The van der Waals surface area contributed by atoms with Gasteiger partial charge in [-0.2, -0.15) is 0 Å². The lowest BCUT2D eigenvalue weighted by atomic mass is 9.98. The molecule has 20 heavy (non-hydrogen) atoms. The first-order valence-electron chi connectivity index (χ1n) is 8.02. The van der Waals surface area contributed by atoms with Crippen LogP contribution < -0.4 is 5.32 Å². The van der Waals surface area contributed by atoms with Gasteiger partial charge in [0.2, 0.25) is 0 Å². The normalized spacial score (nSPS) is 29.3. The maximum atomic E-state index is 4.34. The lowest BCUT2D eigenvalue weighted by molar-refractivity contribution is 0.129. The van der Waals surface area contributed by atoms with Gasteiger partial charge in [0.1, 0.15) is 11.6 Å². The van der Waals surface area contributed by atoms with E-state index in [4.69, 9.17) is 0 Å². The molecule has 3 heterocycles. The van der Waals surface area contributed by atoms with E-state index in [0.717, 1.165) is 36.8 Å². The van der Waals surface area contributed by atoms with Gasteiger partial charge in [-0.05, 0) is 45.6 Å². The van der Waals surface area contributed by atoms with Gasteiger partial charge in [-0.1, -0.05) is 6.92 Å². The van der Waals surface area contributed by atoms with Crippen LogP contribution in [-0.4, -0.2) is 44.3 Å². The van der Waals surface area contributed by atoms with Gasteiger partial charge in [-0.25, -0.2) is 0 Å². The number of aromatic nitrogens is 3. The van der Waals surface area contributed by atoms with Crippen molar-refractivity contribution in [3.05, 3.63) is 11.6 Å². The van der Waals surface area contributed by atoms with Crippen molar-refractivity contribution in [3.63, 3.8) is 0 Å². The number of fused-ring (bicyclic) bond motifs is 2. The second kappa shape index (κ2) is 5.82. The number of rotatable bonds is 5. The molecule has 1 N–H and O–H groups in total. The minimum absolute atomic E-state index is 0.714. The predicted octanol–water partition coefficient (Wildman–Crippen LogP) is 1.62. The van der Waals surface area contributed by atoms with Crippen LogP contribution in [0.1, 0.15) is 50.7 Å². The molecule has 1 aromatic rings. The maximum absolute atomic E-state index is 4.34. The molecule has 3 rings (SSSR count). The first-order chi connectivity index (χ1) is 9.67. The Labute approximate surface area is 121 Å². The molecule has 0 amide bonds. The molecular weight excluding hydrogens is 250 g/mol. The molecule has 2 aliphatic rings. The van der Waals surface area contributed by atoms with Crippen molar-refractivity contribution < 1.29 is 0 Å². The van der Waals surface area contributed by atoms with Crippen LogP contribution in [0.2, 0.25) is 0 Å². The molecule has 2 bridgehead atoms. The van der Waals surface area contributed by atoms with Gasteiger partial charge >= 0.3 is 0 Å². The summed E-state index contributed by atoms with van der Waals surface area (Å²) in [5.41, 5.74) is 0. The zero-order chi connectivity index (χ0) is 14.1. The Morgan fingerprint density at radius 3 is 2.50 bits per heavy atom. The average molecular weight is 277 g/mol. The number of nitrogens with one attached hydrogen (secondary N) is 1. The van der Waals surface area contributed by atoms with Crippen LogP contribution in [0.5, 0.6) is 0 Å². The van der Waals surface area contributed by atoms with Crippen LogP contribution in [0.25, 0.3) is 0 Å². The standard InChI is InChI=1S/C15H27N5/c1-4-7-20(10-15-18-17-11(2)19(15)3)14-8-12-5-6-13(9-14)16-12/h12-14,16H,4-10H2,1-3H3. The third-order valence-electron chi connectivity index (χ3n) is 5.00. The van der Waals surface area contributed by atoms with Crippen molar-refractivity contribution in [2.45, 2.75) is 70.6 Å². The third-order valence-corrected chi connectivity index (χ3v) is 5.00. The Bertz CT molecular complexity index is 443. The van der Waals surface area contributed by atoms with Crippen molar-refractivity contribution in [3.8, 4) is 0 Å². The van der Waals surface area contributed by atoms with Gasteiger partial charge in [0, 0.05) is 25.2 Å². The van der Waals surface area contributed by atoms with E-state index in [1.54, 1.807) is 0 Å². The number of piperidine rings is 1. The molecule has 112 valence electrons. The second-order valence-electron chi connectivity index (χ2n) is 6.46. The lowest BCUT2D eigenvalue weighted by Crippen LogP contribution is -2.48. The quantitative estimate of drug-likeness (QED) is 0.888. The van der Waals surface area contributed by atoms with Crippen LogP contribution >= 0.6 is 0 Å². The fraction of sp³-hybridized carbons (Fsp3) is 0.867. The number of aryl methyl sites for hydroxylation is 1. The summed E-state index contributed by atoms with van der Waals surface area (Å²) in [6, 6.07) is 2.21. The minimum atomic E-state index is 0.714. The van der Waals surface area contributed by atoms with Gasteiger partial charge in [0.25, 0.3) is 0 Å². The molecule has 2 aliphatic heterocycles. The van der Waals surface area contributed by atoms with Gasteiger partial charge in [0.05, 0.1) is 6.54 Å². The Balaban J connectivity index is 1.70. The second-order valence-corrected chi connectivity index (χ2v) is 6.46. The Morgan fingerprint density at radius 2 is 1.95 bits per heavy atom. The minimum Gasteiger partial charge on any atom is -0.317 e. The highest BCUT2D eigenvalue weighted by Crippen LogP contribution is 2.30. The van der Waals surface area contributed by atoms with E-state index >= 15 is 0 Å². The molecule has 1 aromatic heterocycles. The Kier molecular flexibility index (Phi) is 4.08. The number of hydrogen-bond acceptors (Lipinski definition) is 4. The highest BCUT2D eigenvalue weighted by molar-refractivity contribution is 4.98. The smallest absolute Gasteiger partial charge is 0.146 e. The van der Waals surface area contributed by atoms with Crippen LogP contribution in [-0.2, 0) is 13.6 Å². The van der Waals surface area contributed by atoms with Crippen molar-refractivity contribution in [1.29, 1.82) is 0 Å². The summed E-state index contributed by atoms with van der Waals surface area (Å²) in [5, 5.41) is 12.3. The molecular formula is C15H27N5. The summed E-state index contributed by atoms with van der Waals surface area (Å²) >= 11 is 0. The highest BCUT2D eigenvalue weighted by atomic mass is 15.3. The summed E-state index contributed by atoms with van der Waals surface area (Å²) in [4.78, 5) is 2.63. The largest absolute Gasteiger partial charge is 0.317 e. The van der Waals surface area contributed by atoms with E-state index in [-0.39, 0.29) is 0 Å². The van der Waals surface area contributed by atoms with Crippen molar-refractivity contribution in [2.75, 3.05) is 6.54 Å². The van der Waals surface area contributed by atoms with Crippen LogP contribution in [0, 0.1) is 6.92 Å². The molecule has 2 saturated heterocycles. The summed E-state index contributed by atoms with van der Waals surface area (Å²) < 4.78 is 2.12. The van der Waals surface area contributed by atoms with Crippen molar-refractivity contribution >= 4 is 0 Å². The first-order valence-corrected chi connectivity index (χ1v) is 8.02. The monoisotopic (exact) mass is 277 g/mol. The lowest BCUT2D eigenvalue weighted by Gasteiger charge is -2.37. The highest BCUT2D eigenvalue weighted by Gasteiger charge is 2.36. The van der Waals surface area contributed by atoms with Crippen molar-refractivity contribution in [2.24, 2.45) is 7.05 Å². The Morgan fingerprint density at radius 1 is 1.25 bits per heavy atom. The van der Waals surface area contributed by atoms with E-state index in [1.165, 1.54) is 32.1 Å². The van der Waals surface area contributed by atoms with Gasteiger partial charge in [-0.3, -0.25) is 4.90 Å². The molecule has 5 nitrogen and oxygen atoms in total. The average Bonchev–Trinajstić information content (AvgIpc) is 2.94. The zero-order valence-electron chi connectivity index (χ0n) is 13.0. The van der Waals surface area contributed by atoms with Crippen LogP contribution in [0.4, 0.5) is 0 Å². The number of nitrogens with zero attached hydrogens (tertiary/aromatic N) is 4. The number of hydrogen-bond donors (Lipinski definition) is 1. The van der Waals surface area contributed by atoms with E-state index in [0.29, 0.717) is 6.04 Å². The first kappa shape index (κ1) is 14.0. The van der Waals surface area contributed by atoms with E-state index in [1.807, 2.05) is 6.92 Å². The fourth-order valence-corrected chi connectivity index (χ4v) is 3.77.